The maximum absolute atomic E-state index is 5.43. The second-order valence-corrected chi connectivity index (χ2v) is 6.73. The number of rotatable bonds is 2. The summed E-state index contributed by atoms with van der Waals surface area (Å²) in [5.41, 5.74) is 3.09. The lowest BCUT2D eigenvalue weighted by atomic mass is 10.2. The van der Waals surface area contributed by atoms with Gasteiger partial charge in [-0.3, -0.25) is 0 Å². The summed E-state index contributed by atoms with van der Waals surface area (Å²) in [6, 6.07) is 3.35. The fourth-order valence-corrected chi connectivity index (χ4v) is 4.06. The molecule has 7 nitrogen and oxygen atoms in total. The molecule has 0 radical (unpaired) electrons. The van der Waals surface area contributed by atoms with Crippen molar-refractivity contribution in [1.82, 2.24) is 20.3 Å². The monoisotopic (exact) mass is 314 g/mol. The van der Waals surface area contributed by atoms with Crippen LogP contribution in [-0.2, 0) is 4.74 Å². The van der Waals surface area contributed by atoms with Crippen LogP contribution in [0.4, 0.5) is 11.6 Å². The van der Waals surface area contributed by atoms with Gasteiger partial charge >= 0.3 is 0 Å². The highest BCUT2D eigenvalue weighted by atomic mass is 16.5. The van der Waals surface area contributed by atoms with E-state index in [0.29, 0.717) is 12.1 Å². The third-order valence-electron chi connectivity index (χ3n) is 5.22. The van der Waals surface area contributed by atoms with Crippen molar-refractivity contribution in [2.24, 2.45) is 0 Å². The van der Waals surface area contributed by atoms with Crippen molar-refractivity contribution >= 4 is 22.8 Å². The third-order valence-corrected chi connectivity index (χ3v) is 5.22. The molecule has 2 atom stereocenters. The van der Waals surface area contributed by atoms with E-state index in [4.69, 9.17) is 9.72 Å². The Kier molecular flexibility index (Phi) is 3.16. The van der Waals surface area contributed by atoms with Gasteiger partial charge in [0.25, 0.3) is 0 Å². The number of aromatic amines is 1. The molecule has 0 saturated carbocycles. The molecule has 3 aliphatic rings. The molecule has 5 heterocycles. The molecule has 3 aliphatic heterocycles. The predicted octanol–water partition coefficient (Wildman–Crippen LogP) is 0.735. The Morgan fingerprint density at radius 1 is 1.09 bits per heavy atom. The van der Waals surface area contributed by atoms with Crippen molar-refractivity contribution in [3.63, 3.8) is 0 Å². The van der Waals surface area contributed by atoms with Gasteiger partial charge in [-0.15, -0.1) is 0 Å². The Morgan fingerprint density at radius 3 is 2.65 bits per heavy atom. The van der Waals surface area contributed by atoms with Crippen molar-refractivity contribution in [1.29, 1.82) is 0 Å². The number of aromatic nitrogens is 3. The molecule has 2 unspecified atom stereocenters. The van der Waals surface area contributed by atoms with Gasteiger partial charge in [0, 0.05) is 44.5 Å². The van der Waals surface area contributed by atoms with Gasteiger partial charge in [0.1, 0.15) is 5.52 Å². The van der Waals surface area contributed by atoms with Crippen LogP contribution < -0.4 is 15.1 Å². The van der Waals surface area contributed by atoms with Crippen LogP contribution in [0, 0.1) is 0 Å². The van der Waals surface area contributed by atoms with Crippen molar-refractivity contribution < 1.29 is 4.74 Å². The maximum atomic E-state index is 5.43. The molecule has 2 aromatic rings. The number of morpholine rings is 1. The van der Waals surface area contributed by atoms with Crippen LogP contribution in [-0.4, -0.2) is 66.4 Å². The molecule has 0 aromatic carbocycles. The summed E-state index contributed by atoms with van der Waals surface area (Å²) in [7, 11) is 0. The Balaban J connectivity index is 1.50. The highest BCUT2D eigenvalue weighted by Gasteiger charge is 2.33. The lowest BCUT2D eigenvalue weighted by Gasteiger charge is -2.34. The smallest absolute Gasteiger partial charge is 0.205 e. The Morgan fingerprint density at radius 2 is 1.87 bits per heavy atom. The van der Waals surface area contributed by atoms with Crippen LogP contribution >= 0.6 is 0 Å². The minimum absolute atomic E-state index is 0.620. The van der Waals surface area contributed by atoms with Gasteiger partial charge in [-0.25, -0.2) is 9.97 Å². The standard InChI is InChI=1S/C16H22N6O/c1-2-12-10-22(9-11(1)18-12)13-3-4-17-15-14(13)19-16(20-15)21-5-7-23-8-6-21/h3-4,11-12,18H,1-2,5-10H2,(H,17,19,20). The lowest BCUT2D eigenvalue weighted by Crippen LogP contribution is -2.51. The van der Waals surface area contributed by atoms with Gasteiger partial charge < -0.3 is 24.8 Å². The van der Waals surface area contributed by atoms with Gasteiger partial charge in [0.05, 0.1) is 18.9 Å². The Bertz CT molecular complexity index is 698. The zero-order valence-electron chi connectivity index (χ0n) is 13.2. The van der Waals surface area contributed by atoms with Crippen molar-refractivity contribution in [3.05, 3.63) is 12.3 Å². The summed E-state index contributed by atoms with van der Waals surface area (Å²) in [5.74, 6) is 0.918. The van der Waals surface area contributed by atoms with Crippen molar-refractivity contribution in [2.75, 3.05) is 49.2 Å². The highest BCUT2D eigenvalue weighted by molar-refractivity contribution is 5.87. The first-order valence-electron chi connectivity index (χ1n) is 8.55. The number of hydrogen-bond acceptors (Lipinski definition) is 6. The van der Waals surface area contributed by atoms with Crippen LogP contribution in [0.25, 0.3) is 11.2 Å². The molecule has 0 amide bonds. The van der Waals surface area contributed by atoms with Gasteiger partial charge in [0.15, 0.2) is 5.65 Å². The maximum Gasteiger partial charge on any atom is 0.205 e. The third kappa shape index (κ3) is 2.35. The van der Waals surface area contributed by atoms with Gasteiger partial charge in [-0.1, -0.05) is 0 Å². The minimum Gasteiger partial charge on any atom is -0.378 e. The van der Waals surface area contributed by atoms with E-state index in [0.717, 1.165) is 56.5 Å². The molecule has 2 bridgehead atoms. The topological polar surface area (TPSA) is 69.3 Å². The number of pyridine rings is 1. The number of imidazole rings is 1. The van der Waals surface area contributed by atoms with E-state index in [2.05, 4.69) is 31.2 Å². The summed E-state index contributed by atoms with van der Waals surface area (Å²) in [6.45, 7) is 5.42. The average molecular weight is 314 g/mol. The van der Waals surface area contributed by atoms with Crippen LogP contribution in [0.5, 0.6) is 0 Å². The zero-order valence-corrected chi connectivity index (χ0v) is 13.2. The summed E-state index contributed by atoms with van der Waals surface area (Å²) in [5, 5.41) is 3.69. The first-order valence-corrected chi connectivity index (χ1v) is 8.55. The highest BCUT2D eigenvalue weighted by Crippen LogP contribution is 2.30. The van der Waals surface area contributed by atoms with E-state index in [-0.39, 0.29) is 0 Å². The molecule has 2 N–H and O–H groups in total. The molecule has 0 aliphatic carbocycles. The van der Waals surface area contributed by atoms with Gasteiger partial charge in [-0.05, 0) is 18.9 Å². The largest absolute Gasteiger partial charge is 0.378 e. The van der Waals surface area contributed by atoms with Crippen LogP contribution in [0.15, 0.2) is 12.3 Å². The molecule has 23 heavy (non-hydrogen) atoms. The number of anilines is 2. The van der Waals surface area contributed by atoms with Crippen LogP contribution in [0.3, 0.4) is 0 Å². The molecular formula is C16H22N6O. The van der Waals surface area contributed by atoms with Crippen molar-refractivity contribution in [3.8, 4) is 0 Å². The number of ether oxygens (including phenoxy) is 1. The second-order valence-electron chi connectivity index (χ2n) is 6.73. The summed E-state index contributed by atoms with van der Waals surface area (Å²) >= 11 is 0. The number of piperazine rings is 1. The van der Waals surface area contributed by atoms with Crippen molar-refractivity contribution in [2.45, 2.75) is 24.9 Å². The van der Waals surface area contributed by atoms with E-state index in [1.807, 2.05) is 6.20 Å². The molecular weight excluding hydrogens is 292 g/mol. The molecule has 7 heteroatoms. The molecule has 3 fully saturated rings. The lowest BCUT2D eigenvalue weighted by molar-refractivity contribution is 0.122. The number of fused-ring (bicyclic) bond motifs is 3. The number of hydrogen-bond donors (Lipinski definition) is 2. The quantitative estimate of drug-likeness (QED) is 0.852. The molecule has 3 saturated heterocycles. The number of H-pyrrole nitrogens is 1. The first-order chi connectivity index (χ1) is 11.4. The Hall–Kier alpha value is -1.86. The van der Waals surface area contributed by atoms with E-state index in [1.165, 1.54) is 18.5 Å². The van der Waals surface area contributed by atoms with E-state index < -0.39 is 0 Å². The summed E-state index contributed by atoms with van der Waals surface area (Å²) < 4.78 is 5.43. The van der Waals surface area contributed by atoms with E-state index >= 15 is 0 Å². The van der Waals surface area contributed by atoms with Crippen LogP contribution in [0.1, 0.15) is 12.8 Å². The fraction of sp³-hybridized carbons (Fsp3) is 0.625. The van der Waals surface area contributed by atoms with Crippen LogP contribution in [0.2, 0.25) is 0 Å². The average Bonchev–Trinajstić information content (AvgIpc) is 3.18. The second kappa shape index (κ2) is 5.35. The minimum atomic E-state index is 0.620. The normalized spacial score (nSPS) is 27.8. The number of nitrogens with one attached hydrogen (secondary N) is 2. The van der Waals surface area contributed by atoms with Gasteiger partial charge in [0.2, 0.25) is 5.95 Å². The summed E-state index contributed by atoms with van der Waals surface area (Å²) in [6.07, 6.45) is 4.47. The molecule has 122 valence electrons. The molecule has 5 rings (SSSR count). The number of nitrogens with zero attached hydrogens (tertiary/aromatic N) is 4. The Labute approximate surface area is 135 Å². The SMILES string of the molecule is c1cc(N2CC3CCC(C2)N3)c2nc(N3CCOCC3)[nH]c2n1. The van der Waals surface area contributed by atoms with E-state index in [9.17, 15) is 0 Å². The predicted molar refractivity (Wildman–Crippen MR) is 89.1 cm³/mol. The first kappa shape index (κ1) is 13.6. The summed E-state index contributed by atoms with van der Waals surface area (Å²) in [4.78, 5) is 17.5. The molecule has 0 spiro atoms. The van der Waals surface area contributed by atoms with E-state index in [1.54, 1.807) is 0 Å². The van der Waals surface area contributed by atoms with Gasteiger partial charge in [-0.2, -0.15) is 0 Å². The zero-order chi connectivity index (χ0) is 15.2. The fourth-order valence-electron chi connectivity index (χ4n) is 4.06. The molecule has 2 aromatic heterocycles.